The molecule has 0 bridgehead atoms. The lowest BCUT2D eigenvalue weighted by molar-refractivity contribution is -0.384. The highest BCUT2D eigenvalue weighted by Crippen LogP contribution is 2.25. The second-order valence-electron chi connectivity index (χ2n) is 5.24. The molecule has 3 N–H and O–H groups in total. The van der Waals surface area contributed by atoms with Crippen LogP contribution in [0.3, 0.4) is 0 Å². The molecule has 0 spiro atoms. The summed E-state index contributed by atoms with van der Waals surface area (Å²) in [5, 5.41) is 25.2. The molecule has 8 heteroatoms. The topological polar surface area (TPSA) is 122 Å². The Morgan fingerprint density at radius 2 is 2.00 bits per heavy atom. The lowest BCUT2D eigenvalue weighted by atomic mass is 10.1. The van der Waals surface area contributed by atoms with Gasteiger partial charge in [0.05, 0.1) is 11.3 Å². The summed E-state index contributed by atoms with van der Waals surface area (Å²) in [5.41, 5.74) is 0.515. The number of benzene rings is 1. The van der Waals surface area contributed by atoms with Gasteiger partial charge in [0.1, 0.15) is 11.7 Å². The highest BCUT2D eigenvalue weighted by Gasteiger charge is 2.23. The van der Waals surface area contributed by atoms with E-state index < -0.39 is 22.8 Å². The molecule has 0 aliphatic carbocycles. The van der Waals surface area contributed by atoms with Crippen LogP contribution in [0.4, 0.5) is 11.4 Å². The fourth-order valence-electron chi connectivity index (χ4n) is 1.90. The number of aryl methyl sites for hydroxylation is 1. The molecule has 1 rings (SSSR count). The van der Waals surface area contributed by atoms with E-state index in [1.165, 1.54) is 12.1 Å². The molecule has 1 unspecified atom stereocenters. The Balaban J connectivity index is 2.84. The minimum Gasteiger partial charge on any atom is -0.480 e. The van der Waals surface area contributed by atoms with Crippen molar-refractivity contribution in [3.05, 3.63) is 33.9 Å². The van der Waals surface area contributed by atoms with Crippen molar-refractivity contribution in [2.24, 2.45) is 0 Å². The van der Waals surface area contributed by atoms with E-state index in [9.17, 15) is 19.7 Å². The molecule has 8 nitrogen and oxygen atoms in total. The quantitative estimate of drug-likeness (QED) is 0.520. The molecule has 0 saturated heterocycles. The largest absolute Gasteiger partial charge is 0.480 e. The van der Waals surface area contributed by atoms with E-state index in [4.69, 9.17) is 5.11 Å². The Labute approximate surface area is 127 Å². The number of anilines is 1. The number of nitro groups is 1. The van der Waals surface area contributed by atoms with Crippen LogP contribution in [0.25, 0.3) is 0 Å². The Hall–Kier alpha value is -2.48. The molecule has 0 fully saturated rings. The van der Waals surface area contributed by atoms with Crippen molar-refractivity contribution in [1.29, 1.82) is 0 Å². The number of nitrogens with one attached hydrogen (secondary N) is 2. The summed E-state index contributed by atoms with van der Waals surface area (Å²) in [5.74, 6) is -1.75. The number of carbonyl (C=O) groups excluding carboxylic acids is 1. The normalized spacial score (nSPS) is 12.0. The number of carboxylic acid groups (broad SMARTS) is 1. The minimum atomic E-state index is -1.15. The number of carboxylic acids is 1. The van der Waals surface area contributed by atoms with E-state index in [1.54, 1.807) is 26.8 Å². The van der Waals surface area contributed by atoms with Crippen molar-refractivity contribution in [3.63, 3.8) is 0 Å². The number of nitrogens with zero attached hydrogens (tertiary/aromatic N) is 1. The first-order valence-corrected chi connectivity index (χ1v) is 6.74. The number of aliphatic carboxylic acids is 1. The maximum atomic E-state index is 11.9. The molecule has 0 aliphatic rings. The molecule has 0 saturated carbocycles. The van der Waals surface area contributed by atoms with Crippen molar-refractivity contribution in [2.45, 2.75) is 39.3 Å². The number of hydrogen-bond acceptors (Lipinski definition) is 5. The molecule has 0 heterocycles. The monoisotopic (exact) mass is 309 g/mol. The van der Waals surface area contributed by atoms with Gasteiger partial charge in [-0.25, -0.2) is 0 Å². The van der Waals surface area contributed by atoms with Gasteiger partial charge in [-0.15, -0.1) is 0 Å². The van der Waals surface area contributed by atoms with Gasteiger partial charge in [0.2, 0.25) is 5.91 Å². The minimum absolute atomic E-state index is 0.0503. The summed E-state index contributed by atoms with van der Waals surface area (Å²) in [6.07, 6.45) is -0.321. The summed E-state index contributed by atoms with van der Waals surface area (Å²) in [6, 6.07) is 3.24. The standard InChI is InChI=1S/C14H19N3O5/c1-8(2)15-11(14(19)20)7-13(18)16-10-5-4-9(3)6-12(10)17(21)22/h4-6,8,11,15H,7H2,1-3H3,(H,16,18)(H,19,20). The first-order valence-electron chi connectivity index (χ1n) is 6.74. The molecule has 0 aromatic heterocycles. The van der Waals surface area contributed by atoms with E-state index in [2.05, 4.69) is 10.6 Å². The van der Waals surface area contributed by atoms with Gasteiger partial charge in [0, 0.05) is 12.1 Å². The highest BCUT2D eigenvalue weighted by atomic mass is 16.6. The molecule has 1 aromatic rings. The zero-order valence-corrected chi connectivity index (χ0v) is 12.6. The maximum absolute atomic E-state index is 11.9. The molecular weight excluding hydrogens is 290 g/mol. The number of carbonyl (C=O) groups is 2. The van der Waals surface area contributed by atoms with Crippen molar-refractivity contribution < 1.29 is 19.6 Å². The molecule has 0 radical (unpaired) electrons. The van der Waals surface area contributed by atoms with Crippen LogP contribution in [0, 0.1) is 17.0 Å². The number of rotatable bonds is 7. The number of amides is 1. The molecule has 22 heavy (non-hydrogen) atoms. The Kier molecular flexibility index (Phi) is 6.00. The zero-order valence-electron chi connectivity index (χ0n) is 12.6. The number of hydrogen-bond donors (Lipinski definition) is 3. The lowest BCUT2D eigenvalue weighted by Crippen LogP contribution is -2.43. The van der Waals surface area contributed by atoms with E-state index in [-0.39, 0.29) is 23.8 Å². The van der Waals surface area contributed by atoms with Crippen LogP contribution in [0.2, 0.25) is 0 Å². The van der Waals surface area contributed by atoms with Crippen LogP contribution in [0.5, 0.6) is 0 Å². The van der Waals surface area contributed by atoms with Gasteiger partial charge >= 0.3 is 5.97 Å². The lowest BCUT2D eigenvalue weighted by Gasteiger charge is -2.16. The van der Waals surface area contributed by atoms with E-state index >= 15 is 0 Å². The van der Waals surface area contributed by atoms with Gasteiger partial charge in [0.15, 0.2) is 0 Å². The summed E-state index contributed by atoms with van der Waals surface area (Å²) in [6.45, 7) is 5.23. The maximum Gasteiger partial charge on any atom is 0.321 e. The van der Waals surface area contributed by atoms with E-state index in [1.807, 2.05) is 0 Å². The van der Waals surface area contributed by atoms with Crippen molar-refractivity contribution in [3.8, 4) is 0 Å². The van der Waals surface area contributed by atoms with E-state index in [0.717, 1.165) is 0 Å². The summed E-state index contributed by atoms with van der Waals surface area (Å²) in [4.78, 5) is 33.4. The van der Waals surface area contributed by atoms with Gasteiger partial charge in [0.25, 0.3) is 5.69 Å². The third-order valence-electron chi connectivity index (χ3n) is 2.85. The Morgan fingerprint density at radius 3 is 2.50 bits per heavy atom. The van der Waals surface area contributed by atoms with Crippen LogP contribution < -0.4 is 10.6 Å². The average Bonchev–Trinajstić information content (AvgIpc) is 2.39. The molecule has 1 amide bonds. The fraction of sp³-hybridized carbons (Fsp3) is 0.429. The van der Waals surface area contributed by atoms with Crippen molar-refractivity contribution in [1.82, 2.24) is 5.32 Å². The number of nitro benzene ring substituents is 1. The van der Waals surface area contributed by atoms with Crippen LogP contribution in [-0.4, -0.2) is 34.0 Å². The van der Waals surface area contributed by atoms with Crippen molar-refractivity contribution in [2.75, 3.05) is 5.32 Å². The zero-order chi connectivity index (χ0) is 16.9. The van der Waals surface area contributed by atoms with Crippen molar-refractivity contribution >= 4 is 23.3 Å². The molecule has 120 valence electrons. The van der Waals surface area contributed by atoms with Crippen LogP contribution >= 0.6 is 0 Å². The Morgan fingerprint density at radius 1 is 1.36 bits per heavy atom. The van der Waals surface area contributed by atoms with Crippen LogP contribution in [0.1, 0.15) is 25.8 Å². The summed E-state index contributed by atoms with van der Waals surface area (Å²) in [7, 11) is 0. The van der Waals surface area contributed by atoms with E-state index in [0.29, 0.717) is 5.56 Å². The molecule has 0 aliphatic heterocycles. The molecule has 1 atom stereocenters. The SMILES string of the molecule is Cc1ccc(NC(=O)CC(NC(C)C)C(=O)O)c([N+](=O)[O-])c1. The molecular formula is C14H19N3O5. The highest BCUT2D eigenvalue weighted by molar-refractivity contribution is 5.95. The second kappa shape index (κ2) is 7.51. The first-order chi connectivity index (χ1) is 10.2. The van der Waals surface area contributed by atoms with Gasteiger partial charge in [-0.3, -0.25) is 19.7 Å². The van der Waals surface area contributed by atoms with Crippen LogP contribution in [-0.2, 0) is 9.59 Å². The third-order valence-corrected chi connectivity index (χ3v) is 2.85. The summed E-state index contributed by atoms with van der Waals surface area (Å²) < 4.78 is 0. The predicted molar refractivity (Wildman–Crippen MR) is 80.8 cm³/mol. The fourth-order valence-corrected chi connectivity index (χ4v) is 1.90. The van der Waals surface area contributed by atoms with Gasteiger partial charge in [-0.05, 0) is 18.6 Å². The van der Waals surface area contributed by atoms with Gasteiger partial charge < -0.3 is 15.7 Å². The Bertz CT molecular complexity index is 586. The predicted octanol–water partition coefficient (Wildman–Crippen LogP) is 1.68. The van der Waals surface area contributed by atoms with Gasteiger partial charge in [-0.1, -0.05) is 19.9 Å². The summed E-state index contributed by atoms with van der Waals surface area (Å²) >= 11 is 0. The van der Waals surface area contributed by atoms with Crippen LogP contribution in [0.15, 0.2) is 18.2 Å². The third kappa shape index (κ3) is 5.13. The average molecular weight is 309 g/mol. The van der Waals surface area contributed by atoms with Gasteiger partial charge in [-0.2, -0.15) is 0 Å². The first kappa shape index (κ1) is 17.6. The molecule has 1 aromatic carbocycles. The second-order valence-corrected chi connectivity index (χ2v) is 5.24. The smallest absolute Gasteiger partial charge is 0.321 e.